The summed E-state index contributed by atoms with van der Waals surface area (Å²) in [5.41, 5.74) is 5.20. The van der Waals surface area contributed by atoms with E-state index in [1.165, 1.54) is 6.08 Å². The van der Waals surface area contributed by atoms with E-state index in [-0.39, 0.29) is 23.8 Å². The molecule has 3 aromatic rings. The van der Waals surface area contributed by atoms with Crippen LogP contribution in [-0.2, 0) is 14.4 Å². The molecule has 1 heterocycles. The number of carbonyl (C=O) groups excluding carboxylic acids is 4. The molecule has 41 heavy (non-hydrogen) atoms. The van der Waals surface area contributed by atoms with E-state index in [2.05, 4.69) is 26.6 Å². The van der Waals surface area contributed by atoms with Gasteiger partial charge in [-0.25, -0.2) is 9.69 Å². The summed E-state index contributed by atoms with van der Waals surface area (Å²) in [6.07, 6.45) is 1.38. The number of hydrogen-bond acceptors (Lipinski definition) is 6. The zero-order chi connectivity index (χ0) is 29.8. The predicted octanol–water partition coefficient (Wildman–Crippen LogP) is 5.77. The molecule has 3 aromatic carbocycles. The van der Waals surface area contributed by atoms with E-state index in [1.807, 2.05) is 45.9 Å². The lowest BCUT2D eigenvalue weighted by Crippen LogP contribution is -2.54. The van der Waals surface area contributed by atoms with Crippen LogP contribution in [0.3, 0.4) is 0 Å². The second-order valence-corrected chi connectivity index (χ2v) is 10.5. The van der Waals surface area contributed by atoms with Crippen molar-refractivity contribution in [3.05, 3.63) is 86.4 Å². The number of benzene rings is 3. The van der Waals surface area contributed by atoms with Crippen LogP contribution in [0.5, 0.6) is 11.5 Å². The Morgan fingerprint density at radius 2 is 1.71 bits per heavy atom. The second-order valence-electron chi connectivity index (χ2n) is 9.64. The quantitative estimate of drug-likeness (QED) is 0.244. The van der Waals surface area contributed by atoms with Crippen LogP contribution in [0.4, 0.5) is 16.2 Å². The SMILES string of the molecule is CCOc1cc(/C=C2/C(=O)NC(=O)N(c3ccc(C)c(C)c3)C2=O)cc(Br)c1OCC(=O)Nc1ccc(C)cc1C. The molecule has 0 unspecified atom stereocenters. The van der Waals surface area contributed by atoms with E-state index < -0.39 is 17.8 Å². The van der Waals surface area contributed by atoms with Gasteiger partial charge in [0.25, 0.3) is 17.7 Å². The van der Waals surface area contributed by atoms with Gasteiger partial charge in [0.2, 0.25) is 0 Å². The lowest BCUT2D eigenvalue weighted by molar-refractivity contribution is -0.122. The third-order valence-electron chi connectivity index (χ3n) is 6.50. The Bertz CT molecular complexity index is 1600. The molecule has 0 bridgehead atoms. The molecule has 0 radical (unpaired) electrons. The highest BCUT2D eigenvalue weighted by Crippen LogP contribution is 2.38. The first-order valence-corrected chi connectivity index (χ1v) is 13.7. The first kappa shape index (κ1) is 29.5. The zero-order valence-electron chi connectivity index (χ0n) is 23.4. The Balaban J connectivity index is 1.58. The molecule has 0 aliphatic carbocycles. The maximum absolute atomic E-state index is 13.3. The molecule has 5 amide bonds. The molecule has 1 aliphatic heterocycles. The van der Waals surface area contributed by atoms with Gasteiger partial charge in [0.05, 0.1) is 16.8 Å². The van der Waals surface area contributed by atoms with Gasteiger partial charge in [0.15, 0.2) is 18.1 Å². The summed E-state index contributed by atoms with van der Waals surface area (Å²) >= 11 is 3.46. The van der Waals surface area contributed by atoms with Crippen molar-refractivity contribution in [1.82, 2.24) is 5.32 Å². The third-order valence-corrected chi connectivity index (χ3v) is 7.09. The molecular formula is C31H30BrN3O6. The first-order chi connectivity index (χ1) is 19.5. The van der Waals surface area contributed by atoms with Crippen molar-refractivity contribution >= 4 is 57.1 Å². The van der Waals surface area contributed by atoms with Crippen LogP contribution >= 0.6 is 15.9 Å². The van der Waals surface area contributed by atoms with Crippen molar-refractivity contribution in [2.24, 2.45) is 0 Å². The van der Waals surface area contributed by atoms with Crippen molar-refractivity contribution in [3.63, 3.8) is 0 Å². The molecule has 2 N–H and O–H groups in total. The minimum absolute atomic E-state index is 0.223. The molecular weight excluding hydrogens is 590 g/mol. The monoisotopic (exact) mass is 619 g/mol. The van der Waals surface area contributed by atoms with Gasteiger partial charge in [-0.15, -0.1) is 0 Å². The van der Waals surface area contributed by atoms with E-state index in [0.29, 0.717) is 33.8 Å². The number of ether oxygens (including phenoxy) is 2. The summed E-state index contributed by atoms with van der Waals surface area (Å²) in [5.74, 6) is -1.31. The predicted molar refractivity (Wildman–Crippen MR) is 160 cm³/mol. The number of aryl methyl sites for hydroxylation is 4. The van der Waals surface area contributed by atoms with Gasteiger partial charge in [0, 0.05) is 5.69 Å². The zero-order valence-corrected chi connectivity index (χ0v) is 25.0. The Hall–Kier alpha value is -4.44. The summed E-state index contributed by atoms with van der Waals surface area (Å²) in [7, 11) is 0. The fraction of sp³-hybridized carbons (Fsp3) is 0.226. The maximum Gasteiger partial charge on any atom is 0.335 e. The number of amides is 5. The molecule has 1 saturated heterocycles. The Kier molecular flexibility index (Phi) is 8.92. The number of barbiturate groups is 1. The van der Waals surface area contributed by atoms with Crippen LogP contribution in [0.1, 0.15) is 34.7 Å². The number of hydrogen-bond donors (Lipinski definition) is 2. The minimum Gasteiger partial charge on any atom is -0.490 e. The van der Waals surface area contributed by atoms with Gasteiger partial charge in [-0.1, -0.05) is 23.8 Å². The summed E-state index contributed by atoms with van der Waals surface area (Å²) in [5, 5.41) is 5.07. The van der Waals surface area contributed by atoms with Gasteiger partial charge in [0.1, 0.15) is 5.57 Å². The van der Waals surface area contributed by atoms with Crippen LogP contribution in [0, 0.1) is 27.7 Å². The number of urea groups is 1. The maximum atomic E-state index is 13.3. The molecule has 0 aromatic heterocycles. The molecule has 4 rings (SSSR count). The molecule has 9 nitrogen and oxygen atoms in total. The van der Waals surface area contributed by atoms with E-state index in [0.717, 1.165) is 27.2 Å². The summed E-state index contributed by atoms with van der Waals surface area (Å²) in [6, 6.07) is 13.3. The Labute approximate surface area is 246 Å². The van der Waals surface area contributed by atoms with E-state index in [9.17, 15) is 19.2 Å². The second kappa shape index (κ2) is 12.4. The third kappa shape index (κ3) is 6.66. The number of rotatable bonds is 8. The molecule has 0 spiro atoms. The summed E-state index contributed by atoms with van der Waals surface area (Å²) in [6.45, 7) is 9.49. The first-order valence-electron chi connectivity index (χ1n) is 12.9. The summed E-state index contributed by atoms with van der Waals surface area (Å²) < 4.78 is 12.0. The number of carbonyl (C=O) groups is 4. The van der Waals surface area contributed by atoms with Crippen LogP contribution < -0.4 is 25.0 Å². The molecule has 0 saturated carbocycles. The van der Waals surface area contributed by atoms with E-state index in [1.54, 1.807) is 37.3 Å². The number of anilines is 2. The van der Waals surface area contributed by atoms with Gasteiger partial charge < -0.3 is 14.8 Å². The topological polar surface area (TPSA) is 114 Å². The number of halogens is 1. The average molecular weight is 621 g/mol. The minimum atomic E-state index is -0.820. The van der Waals surface area contributed by atoms with Crippen molar-refractivity contribution in [1.29, 1.82) is 0 Å². The fourth-order valence-electron chi connectivity index (χ4n) is 4.28. The number of imide groups is 2. The van der Waals surface area contributed by atoms with Crippen LogP contribution in [0.2, 0.25) is 0 Å². The van der Waals surface area contributed by atoms with Gasteiger partial charge in [-0.2, -0.15) is 0 Å². The van der Waals surface area contributed by atoms with Crippen molar-refractivity contribution in [2.45, 2.75) is 34.6 Å². The number of nitrogens with one attached hydrogen (secondary N) is 2. The molecule has 1 aliphatic rings. The molecule has 212 valence electrons. The highest BCUT2D eigenvalue weighted by atomic mass is 79.9. The standard InChI is InChI=1S/C31H30BrN3O6/c1-6-40-26-15-21(14-24(32)28(26)41-16-27(36)33-25-10-7-17(2)11-20(25)5)13-23-29(37)34-31(39)35(30(23)38)22-9-8-18(3)19(4)12-22/h7-15H,6,16H2,1-5H3,(H,33,36)(H,34,37,39)/b23-13-. The molecule has 0 atom stereocenters. The van der Waals surface area contributed by atoms with E-state index >= 15 is 0 Å². The summed E-state index contributed by atoms with van der Waals surface area (Å²) in [4.78, 5) is 52.2. The van der Waals surface area contributed by atoms with Crippen LogP contribution in [0.25, 0.3) is 6.08 Å². The highest BCUT2D eigenvalue weighted by Gasteiger charge is 2.37. The smallest absolute Gasteiger partial charge is 0.335 e. The normalized spacial score (nSPS) is 14.2. The lowest BCUT2D eigenvalue weighted by atomic mass is 10.0. The molecule has 1 fully saturated rings. The van der Waals surface area contributed by atoms with Gasteiger partial charge in [-0.3, -0.25) is 19.7 Å². The largest absolute Gasteiger partial charge is 0.490 e. The van der Waals surface area contributed by atoms with Gasteiger partial charge in [-0.05, 0) is 109 Å². The van der Waals surface area contributed by atoms with E-state index in [4.69, 9.17) is 9.47 Å². The van der Waals surface area contributed by atoms with Crippen LogP contribution in [0.15, 0.2) is 58.6 Å². The average Bonchev–Trinajstić information content (AvgIpc) is 2.90. The Morgan fingerprint density at radius 3 is 2.39 bits per heavy atom. The molecule has 10 heteroatoms. The Morgan fingerprint density at radius 1 is 0.951 bits per heavy atom. The van der Waals surface area contributed by atoms with Gasteiger partial charge >= 0.3 is 6.03 Å². The van der Waals surface area contributed by atoms with Crippen LogP contribution in [-0.4, -0.2) is 37.0 Å². The number of nitrogens with zero attached hydrogens (tertiary/aromatic N) is 1. The van der Waals surface area contributed by atoms with Crippen molar-refractivity contribution in [3.8, 4) is 11.5 Å². The fourth-order valence-corrected chi connectivity index (χ4v) is 4.85. The van der Waals surface area contributed by atoms with Crippen molar-refractivity contribution < 1.29 is 28.7 Å². The van der Waals surface area contributed by atoms with Crippen molar-refractivity contribution in [2.75, 3.05) is 23.4 Å². The highest BCUT2D eigenvalue weighted by molar-refractivity contribution is 9.10. The lowest BCUT2D eigenvalue weighted by Gasteiger charge is -2.27.